The summed E-state index contributed by atoms with van der Waals surface area (Å²) in [4.78, 5) is 22.7. The summed E-state index contributed by atoms with van der Waals surface area (Å²) >= 11 is 0.973. The molecule has 0 aromatic carbocycles. The van der Waals surface area contributed by atoms with Crippen molar-refractivity contribution in [2.24, 2.45) is 0 Å². The van der Waals surface area contributed by atoms with E-state index < -0.39 is 12.1 Å². The van der Waals surface area contributed by atoms with E-state index in [1.54, 1.807) is 6.92 Å². The van der Waals surface area contributed by atoms with E-state index in [-0.39, 0.29) is 16.5 Å². The Bertz CT molecular complexity index is 451. The molecule has 1 aliphatic rings. The molecule has 0 bridgehead atoms. The average molecular weight is 256 g/mol. The van der Waals surface area contributed by atoms with Gasteiger partial charge in [0.25, 0.3) is 5.91 Å². The van der Waals surface area contributed by atoms with Gasteiger partial charge in [0.05, 0.1) is 5.69 Å². The third kappa shape index (κ3) is 2.45. The Morgan fingerprint density at radius 3 is 2.94 bits per heavy atom. The maximum absolute atomic E-state index is 11.7. The molecule has 1 aromatic rings. The van der Waals surface area contributed by atoms with Gasteiger partial charge >= 0.3 is 5.97 Å². The number of nitrogens with one attached hydrogen (secondary N) is 1. The largest absolute Gasteiger partial charge is 0.478 e. The summed E-state index contributed by atoms with van der Waals surface area (Å²) in [5.74, 6) is -1.38. The fourth-order valence-corrected chi connectivity index (χ4v) is 2.48. The summed E-state index contributed by atoms with van der Waals surface area (Å²) < 4.78 is 9.14. The van der Waals surface area contributed by atoms with Gasteiger partial charge in [0.2, 0.25) is 0 Å². The number of hydrogen-bond acceptors (Lipinski definition) is 5. The van der Waals surface area contributed by atoms with E-state index in [1.165, 1.54) is 0 Å². The number of carboxylic acids is 1. The second-order valence-corrected chi connectivity index (χ2v) is 4.54. The van der Waals surface area contributed by atoms with Crippen molar-refractivity contribution in [1.82, 2.24) is 4.37 Å². The molecule has 2 N–H and O–H groups in total. The fraction of sp³-hybridized carbons (Fsp3) is 0.500. The number of nitrogens with zero attached hydrogens (tertiary/aromatic N) is 1. The van der Waals surface area contributed by atoms with E-state index in [1.807, 2.05) is 0 Å². The van der Waals surface area contributed by atoms with Gasteiger partial charge in [-0.1, -0.05) is 0 Å². The molecule has 2 rings (SSSR count). The number of carboxylic acid groups (broad SMARTS) is 1. The van der Waals surface area contributed by atoms with E-state index in [9.17, 15) is 9.59 Å². The number of carbonyl (C=O) groups is 2. The van der Waals surface area contributed by atoms with Crippen LogP contribution in [0.5, 0.6) is 0 Å². The monoisotopic (exact) mass is 256 g/mol. The van der Waals surface area contributed by atoms with Gasteiger partial charge in [0.1, 0.15) is 16.7 Å². The highest BCUT2D eigenvalue weighted by molar-refractivity contribution is 7.11. The zero-order chi connectivity index (χ0) is 12.4. The lowest BCUT2D eigenvalue weighted by Crippen LogP contribution is -2.27. The number of aromatic carboxylic acids is 1. The first kappa shape index (κ1) is 12.0. The Hall–Kier alpha value is -1.47. The van der Waals surface area contributed by atoms with Crippen LogP contribution in [-0.2, 0) is 9.53 Å². The van der Waals surface area contributed by atoms with Crippen molar-refractivity contribution in [2.75, 3.05) is 11.9 Å². The minimum absolute atomic E-state index is 0.0568. The number of aromatic nitrogens is 1. The van der Waals surface area contributed by atoms with Gasteiger partial charge in [0.15, 0.2) is 0 Å². The SMILES string of the molecule is Cc1nsc(NC(=O)[C@H]2CCCO2)c1C(=O)O. The highest BCUT2D eigenvalue weighted by atomic mass is 32.1. The molecule has 1 amide bonds. The molecular weight excluding hydrogens is 244 g/mol. The van der Waals surface area contributed by atoms with Gasteiger partial charge in [-0.25, -0.2) is 4.79 Å². The molecular formula is C10H12N2O4S. The van der Waals surface area contributed by atoms with Crippen LogP contribution in [0.2, 0.25) is 0 Å². The van der Waals surface area contributed by atoms with Gasteiger partial charge in [-0.3, -0.25) is 4.79 Å². The predicted octanol–water partition coefficient (Wildman–Crippen LogP) is 1.27. The maximum Gasteiger partial charge on any atom is 0.340 e. The van der Waals surface area contributed by atoms with Crippen LogP contribution >= 0.6 is 11.5 Å². The predicted molar refractivity (Wildman–Crippen MR) is 61.4 cm³/mol. The number of carbonyl (C=O) groups excluding carboxylic acids is 1. The lowest BCUT2D eigenvalue weighted by Gasteiger charge is -2.09. The quantitative estimate of drug-likeness (QED) is 0.850. The minimum Gasteiger partial charge on any atom is -0.478 e. The molecule has 1 saturated heterocycles. The summed E-state index contributed by atoms with van der Waals surface area (Å²) in [5, 5.41) is 11.8. The van der Waals surface area contributed by atoms with Crippen molar-refractivity contribution in [3.05, 3.63) is 11.3 Å². The number of ether oxygens (including phenoxy) is 1. The molecule has 6 nitrogen and oxygen atoms in total. The highest BCUT2D eigenvalue weighted by Crippen LogP contribution is 2.25. The van der Waals surface area contributed by atoms with Crippen LogP contribution in [0.15, 0.2) is 0 Å². The van der Waals surface area contributed by atoms with E-state index in [4.69, 9.17) is 9.84 Å². The van der Waals surface area contributed by atoms with Gasteiger partial charge in [-0.05, 0) is 31.3 Å². The third-order valence-corrected chi connectivity index (χ3v) is 3.39. The van der Waals surface area contributed by atoms with Gasteiger partial charge < -0.3 is 15.2 Å². The zero-order valence-corrected chi connectivity index (χ0v) is 10.0. The summed E-state index contributed by atoms with van der Waals surface area (Å²) in [6.07, 6.45) is 1.05. The second-order valence-electron chi connectivity index (χ2n) is 3.77. The van der Waals surface area contributed by atoms with E-state index in [0.717, 1.165) is 18.0 Å². The van der Waals surface area contributed by atoms with Crippen LogP contribution in [-0.4, -0.2) is 34.1 Å². The Morgan fingerprint density at radius 2 is 2.35 bits per heavy atom. The van der Waals surface area contributed by atoms with E-state index >= 15 is 0 Å². The van der Waals surface area contributed by atoms with Crippen LogP contribution in [0.25, 0.3) is 0 Å². The molecule has 0 radical (unpaired) electrons. The first-order chi connectivity index (χ1) is 8.09. The van der Waals surface area contributed by atoms with E-state index in [0.29, 0.717) is 18.7 Å². The average Bonchev–Trinajstić information content (AvgIpc) is 2.87. The summed E-state index contributed by atoms with van der Waals surface area (Å²) in [6, 6.07) is 0. The lowest BCUT2D eigenvalue weighted by molar-refractivity contribution is -0.124. The number of anilines is 1. The van der Waals surface area contributed by atoms with E-state index in [2.05, 4.69) is 9.69 Å². The minimum atomic E-state index is -1.08. The van der Waals surface area contributed by atoms with Crippen LogP contribution in [0.1, 0.15) is 28.9 Å². The maximum atomic E-state index is 11.7. The Labute approximate surface area is 102 Å². The van der Waals surface area contributed by atoms with Crippen molar-refractivity contribution in [3.8, 4) is 0 Å². The number of aryl methyl sites for hydroxylation is 1. The van der Waals surface area contributed by atoms with Gasteiger partial charge in [-0.2, -0.15) is 4.37 Å². The topological polar surface area (TPSA) is 88.5 Å². The van der Waals surface area contributed by atoms with Crippen molar-refractivity contribution >= 4 is 28.4 Å². The van der Waals surface area contributed by atoms with Crippen LogP contribution in [0.4, 0.5) is 5.00 Å². The lowest BCUT2D eigenvalue weighted by atomic mass is 10.2. The molecule has 0 unspecified atom stereocenters. The number of rotatable bonds is 3. The van der Waals surface area contributed by atoms with Crippen molar-refractivity contribution in [1.29, 1.82) is 0 Å². The van der Waals surface area contributed by atoms with Crippen molar-refractivity contribution < 1.29 is 19.4 Å². The summed E-state index contributed by atoms with van der Waals surface area (Å²) in [7, 11) is 0. The van der Waals surface area contributed by atoms with Crippen molar-refractivity contribution in [3.63, 3.8) is 0 Å². The first-order valence-electron chi connectivity index (χ1n) is 5.21. The molecule has 1 atom stereocenters. The normalized spacial score (nSPS) is 19.2. The fourth-order valence-electron chi connectivity index (χ4n) is 1.68. The molecule has 0 spiro atoms. The molecule has 0 aliphatic carbocycles. The molecule has 2 heterocycles. The number of hydrogen-bond donors (Lipinski definition) is 2. The second kappa shape index (κ2) is 4.80. The van der Waals surface area contributed by atoms with Crippen LogP contribution in [0.3, 0.4) is 0 Å². The zero-order valence-electron chi connectivity index (χ0n) is 9.23. The standard InChI is InChI=1S/C10H12N2O4S/c1-5-7(10(14)15)9(17-12-5)11-8(13)6-3-2-4-16-6/h6H,2-4H2,1H3,(H,11,13)(H,14,15)/t6-/m1/s1. The summed E-state index contributed by atoms with van der Waals surface area (Å²) in [5.41, 5.74) is 0.464. The first-order valence-corrected chi connectivity index (χ1v) is 5.99. The van der Waals surface area contributed by atoms with Crippen LogP contribution in [0, 0.1) is 6.92 Å². The Balaban J connectivity index is 2.13. The summed E-state index contributed by atoms with van der Waals surface area (Å²) in [6.45, 7) is 2.17. The Morgan fingerprint density at radius 1 is 1.59 bits per heavy atom. The van der Waals surface area contributed by atoms with Crippen molar-refractivity contribution in [2.45, 2.75) is 25.9 Å². The Kier molecular flexibility index (Phi) is 3.39. The van der Waals surface area contributed by atoms with Gasteiger partial charge in [-0.15, -0.1) is 0 Å². The van der Waals surface area contributed by atoms with Gasteiger partial charge in [0, 0.05) is 6.61 Å². The number of amides is 1. The highest BCUT2D eigenvalue weighted by Gasteiger charge is 2.26. The molecule has 7 heteroatoms. The smallest absolute Gasteiger partial charge is 0.340 e. The molecule has 1 aliphatic heterocycles. The molecule has 17 heavy (non-hydrogen) atoms. The third-order valence-electron chi connectivity index (χ3n) is 2.54. The van der Waals surface area contributed by atoms with Crippen LogP contribution < -0.4 is 5.32 Å². The molecule has 1 aromatic heterocycles. The molecule has 1 fully saturated rings. The molecule has 0 saturated carbocycles. The molecule has 92 valence electrons.